The summed E-state index contributed by atoms with van der Waals surface area (Å²) in [5.41, 5.74) is 1.19. The molecule has 0 saturated carbocycles. The normalized spacial score (nSPS) is 24.6. The van der Waals surface area contributed by atoms with Crippen LogP contribution in [0.25, 0.3) is 0 Å². The maximum Gasteiger partial charge on any atom is 0.341 e. The Hall–Kier alpha value is -1.06. The van der Waals surface area contributed by atoms with Crippen LogP contribution in [0, 0.1) is 0 Å². The number of hydrogen-bond donors (Lipinski definition) is 0. The van der Waals surface area contributed by atoms with Gasteiger partial charge in [0.05, 0.1) is 5.56 Å². The van der Waals surface area contributed by atoms with Crippen molar-refractivity contribution in [2.75, 3.05) is 7.11 Å². The fraction of sp³-hybridized carbons (Fsp3) is 0.300. The molecule has 2 rings (SSSR count). The van der Waals surface area contributed by atoms with E-state index in [4.69, 9.17) is 21.1 Å². The van der Waals surface area contributed by atoms with Gasteiger partial charge in [0.1, 0.15) is 0 Å². The molecule has 1 atom stereocenters. The highest BCUT2D eigenvalue weighted by Gasteiger charge is 2.41. The summed E-state index contributed by atoms with van der Waals surface area (Å²) in [5.74, 6) is -1.37. The molecule has 1 aromatic rings. The fourth-order valence-electron chi connectivity index (χ4n) is 1.52. The lowest BCUT2D eigenvalue weighted by Gasteiger charge is -2.21. The smallest absolute Gasteiger partial charge is 0.341 e. The van der Waals surface area contributed by atoms with E-state index in [1.54, 1.807) is 25.1 Å². The monoisotopic (exact) mass is 212 g/mol. The average molecular weight is 213 g/mol. The van der Waals surface area contributed by atoms with Gasteiger partial charge in [0, 0.05) is 24.6 Å². The largest absolute Gasteiger partial charge is 0.425 e. The number of cyclic esters (lactones) is 1. The highest BCUT2D eigenvalue weighted by Crippen LogP contribution is 2.37. The molecule has 0 saturated heterocycles. The molecule has 0 fully saturated rings. The molecule has 0 radical (unpaired) electrons. The van der Waals surface area contributed by atoms with E-state index >= 15 is 0 Å². The first-order valence-corrected chi connectivity index (χ1v) is 4.53. The van der Waals surface area contributed by atoms with Crippen molar-refractivity contribution in [3.05, 3.63) is 34.3 Å². The van der Waals surface area contributed by atoms with Gasteiger partial charge in [-0.3, -0.25) is 0 Å². The third-order valence-corrected chi connectivity index (χ3v) is 2.60. The SMILES string of the molecule is CO[C@@]1(C)OC(=O)c2cc(Cl)ccc21. The van der Waals surface area contributed by atoms with Crippen molar-refractivity contribution in [3.8, 4) is 0 Å². The number of halogens is 1. The molecule has 74 valence electrons. The molecular formula is C10H9ClO3. The van der Waals surface area contributed by atoms with E-state index in [1.165, 1.54) is 7.11 Å². The zero-order valence-corrected chi connectivity index (χ0v) is 8.59. The van der Waals surface area contributed by atoms with Crippen molar-refractivity contribution in [1.29, 1.82) is 0 Å². The number of rotatable bonds is 1. The Balaban J connectivity index is 2.61. The molecule has 0 spiro atoms. The van der Waals surface area contributed by atoms with Gasteiger partial charge in [-0.15, -0.1) is 0 Å². The van der Waals surface area contributed by atoms with Crippen molar-refractivity contribution in [1.82, 2.24) is 0 Å². The molecule has 0 aliphatic carbocycles. The van der Waals surface area contributed by atoms with E-state index in [0.29, 0.717) is 10.6 Å². The van der Waals surface area contributed by atoms with E-state index in [0.717, 1.165) is 5.56 Å². The molecule has 1 aliphatic heterocycles. The quantitative estimate of drug-likeness (QED) is 0.671. The predicted octanol–water partition coefficient (Wildman–Crippen LogP) is 2.33. The highest BCUT2D eigenvalue weighted by molar-refractivity contribution is 6.31. The summed E-state index contributed by atoms with van der Waals surface area (Å²) in [5, 5.41) is 0.515. The van der Waals surface area contributed by atoms with E-state index in [-0.39, 0.29) is 0 Å². The number of fused-ring (bicyclic) bond motifs is 1. The van der Waals surface area contributed by atoms with Crippen LogP contribution < -0.4 is 0 Å². The molecule has 0 amide bonds. The lowest BCUT2D eigenvalue weighted by Crippen LogP contribution is -2.23. The predicted molar refractivity (Wildman–Crippen MR) is 51.2 cm³/mol. The minimum atomic E-state index is -0.975. The van der Waals surface area contributed by atoms with Crippen LogP contribution in [0.3, 0.4) is 0 Å². The van der Waals surface area contributed by atoms with E-state index in [2.05, 4.69) is 0 Å². The average Bonchev–Trinajstić information content (AvgIpc) is 2.40. The molecule has 0 unspecified atom stereocenters. The number of carbonyl (C=O) groups excluding carboxylic acids is 1. The second-order valence-electron chi connectivity index (χ2n) is 3.23. The molecule has 0 N–H and O–H groups in total. The van der Waals surface area contributed by atoms with Crippen LogP contribution in [0.15, 0.2) is 18.2 Å². The molecule has 1 heterocycles. The van der Waals surface area contributed by atoms with Gasteiger partial charge in [-0.1, -0.05) is 17.7 Å². The van der Waals surface area contributed by atoms with Gasteiger partial charge in [-0.05, 0) is 12.1 Å². The van der Waals surface area contributed by atoms with Gasteiger partial charge >= 0.3 is 5.97 Å². The highest BCUT2D eigenvalue weighted by atomic mass is 35.5. The minimum absolute atomic E-state index is 0.396. The van der Waals surface area contributed by atoms with Crippen molar-refractivity contribution in [2.45, 2.75) is 12.7 Å². The van der Waals surface area contributed by atoms with Gasteiger partial charge in [0.25, 0.3) is 0 Å². The zero-order chi connectivity index (χ0) is 10.3. The van der Waals surface area contributed by atoms with Gasteiger partial charge in [-0.2, -0.15) is 0 Å². The van der Waals surface area contributed by atoms with Crippen LogP contribution in [-0.2, 0) is 15.3 Å². The lowest BCUT2D eigenvalue weighted by atomic mass is 10.0. The number of carbonyl (C=O) groups is 1. The molecule has 4 heteroatoms. The van der Waals surface area contributed by atoms with Gasteiger partial charge < -0.3 is 9.47 Å². The third kappa shape index (κ3) is 1.21. The number of benzene rings is 1. The first-order valence-electron chi connectivity index (χ1n) is 4.15. The molecule has 14 heavy (non-hydrogen) atoms. The molecular weight excluding hydrogens is 204 g/mol. The first kappa shape index (κ1) is 9.49. The summed E-state index contributed by atoms with van der Waals surface area (Å²) in [6.45, 7) is 1.70. The molecule has 1 aromatic carbocycles. The molecule has 3 nitrogen and oxygen atoms in total. The Bertz CT molecular complexity index is 402. The van der Waals surface area contributed by atoms with Gasteiger partial charge in [0.2, 0.25) is 5.79 Å². The van der Waals surface area contributed by atoms with Crippen LogP contribution in [0.2, 0.25) is 5.02 Å². The Kier molecular flexibility index (Phi) is 2.01. The van der Waals surface area contributed by atoms with Crippen LogP contribution >= 0.6 is 11.6 Å². The second kappa shape index (κ2) is 2.97. The summed E-state index contributed by atoms with van der Waals surface area (Å²) in [7, 11) is 1.50. The summed E-state index contributed by atoms with van der Waals surface area (Å²) in [4.78, 5) is 11.4. The van der Waals surface area contributed by atoms with E-state index < -0.39 is 11.8 Å². The topological polar surface area (TPSA) is 35.5 Å². The number of hydrogen-bond acceptors (Lipinski definition) is 3. The van der Waals surface area contributed by atoms with Crippen molar-refractivity contribution < 1.29 is 14.3 Å². The van der Waals surface area contributed by atoms with Crippen molar-refractivity contribution in [3.63, 3.8) is 0 Å². The van der Waals surface area contributed by atoms with Gasteiger partial charge in [-0.25, -0.2) is 4.79 Å². The minimum Gasteiger partial charge on any atom is -0.425 e. The summed E-state index contributed by atoms with van der Waals surface area (Å²) in [6.07, 6.45) is 0. The Morgan fingerprint density at radius 2 is 2.21 bits per heavy atom. The molecule has 1 aliphatic rings. The van der Waals surface area contributed by atoms with Crippen molar-refractivity contribution >= 4 is 17.6 Å². The van der Waals surface area contributed by atoms with E-state index in [1.807, 2.05) is 0 Å². The van der Waals surface area contributed by atoms with Crippen molar-refractivity contribution in [2.24, 2.45) is 0 Å². The maximum atomic E-state index is 11.4. The third-order valence-electron chi connectivity index (χ3n) is 2.37. The van der Waals surface area contributed by atoms with Crippen LogP contribution in [0.5, 0.6) is 0 Å². The molecule has 0 bridgehead atoms. The van der Waals surface area contributed by atoms with Gasteiger partial charge in [0.15, 0.2) is 0 Å². The first-order chi connectivity index (χ1) is 6.57. The number of methoxy groups -OCH3 is 1. The summed E-state index contributed by atoms with van der Waals surface area (Å²) >= 11 is 5.78. The Labute approximate surface area is 86.6 Å². The lowest BCUT2D eigenvalue weighted by molar-refractivity contribution is -0.172. The maximum absolute atomic E-state index is 11.4. The van der Waals surface area contributed by atoms with Crippen LogP contribution in [-0.4, -0.2) is 13.1 Å². The summed E-state index contributed by atoms with van der Waals surface area (Å²) in [6, 6.07) is 5.04. The second-order valence-corrected chi connectivity index (χ2v) is 3.67. The zero-order valence-electron chi connectivity index (χ0n) is 7.83. The fourth-order valence-corrected chi connectivity index (χ4v) is 1.69. The standard InChI is InChI=1S/C10H9ClO3/c1-10(13-2)8-4-3-6(11)5-7(8)9(12)14-10/h3-5H,1-2H3/t10-/m0/s1. The Morgan fingerprint density at radius 3 is 2.86 bits per heavy atom. The number of esters is 1. The number of ether oxygens (including phenoxy) is 2. The van der Waals surface area contributed by atoms with Crippen LogP contribution in [0.4, 0.5) is 0 Å². The molecule has 0 aromatic heterocycles. The Morgan fingerprint density at radius 1 is 1.50 bits per heavy atom. The summed E-state index contributed by atoms with van der Waals surface area (Å²) < 4.78 is 10.3. The van der Waals surface area contributed by atoms with E-state index in [9.17, 15) is 4.79 Å². The van der Waals surface area contributed by atoms with Crippen LogP contribution in [0.1, 0.15) is 22.8 Å².